The van der Waals surface area contributed by atoms with E-state index in [0.29, 0.717) is 18.5 Å². The van der Waals surface area contributed by atoms with Gasteiger partial charge in [-0.1, -0.05) is 12.1 Å². The maximum absolute atomic E-state index is 5.33. The molecule has 8 heteroatoms. The normalized spacial score (nSPS) is 19.6. The summed E-state index contributed by atoms with van der Waals surface area (Å²) in [6, 6.07) is 8.91. The highest BCUT2D eigenvalue weighted by atomic mass is 127. The number of methoxy groups -OCH3 is 1. The molecule has 0 radical (unpaired) electrons. The lowest BCUT2D eigenvalue weighted by molar-refractivity contribution is 0.122. The topological polar surface area (TPSA) is 61.8 Å². The SMILES string of the molecule is CCNC(=NCc1nc(C)c(C)s1)NCC1CCCN(C)C1c1ccc(OC)cc1.I. The molecule has 31 heavy (non-hydrogen) atoms. The van der Waals surface area contributed by atoms with Crippen LogP contribution in [-0.4, -0.2) is 49.6 Å². The highest BCUT2D eigenvalue weighted by Crippen LogP contribution is 2.35. The number of thiazole rings is 1. The lowest BCUT2D eigenvalue weighted by atomic mass is 9.85. The van der Waals surface area contributed by atoms with Crippen molar-refractivity contribution in [3.63, 3.8) is 0 Å². The Morgan fingerprint density at radius 1 is 1.26 bits per heavy atom. The van der Waals surface area contributed by atoms with Crippen LogP contribution in [0.1, 0.15) is 46.9 Å². The summed E-state index contributed by atoms with van der Waals surface area (Å²) >= 11 is 1.73. The molecule has 1 saturated heterocycles. The van der Waals surface area contributed by atoms with Crippen molar-refractivity contribution in [1.82, 2.24) is 20.5 Å². The molecular formula is C23H36IN5OS. The zero-order valence-corrected chi connectivity index (χ0v) is 22.4. The third kappa shape index (κ3) is 7.05. The molecule has 172 valence electrons. The van der Waals surface area contributed by atoms with Crippen LogP contribution in [0, 0.1) is 19.8 Å². The molecule has 2 atom stereocenters. The average Bonchev–Trinajstić information content (AvgIpc) is 3.07. The zero-order chi connectivity index (χ0) is 21.5. The number of nitrogens with one attached hydrogen (secondary N) is 2. The van der Waals surface area contributed by atoms with Crippen molar-refractivity contribution in [3.8, 4) is 5.75 Å². The molecule has 2 aromatic rings. The quantitative estimate of drug-likeness (QED) is 0.298. The number of aromatic nitrogens is 1. The van der Waals surface area contributed by atoms with Crippen LogP contribution >= 0.6 is 35.3 Å². The van der Waals surface area contributed by atoms with E-state index in [1.165, 1.54) is 23.3 Å². The number of rotatable bonds is 7. The van der Waals surface area contributed by atoms with Gasteiger partial charge in [0.1, 0.15) is 10.8 Å². The first-order valence-corrected chi connectivity index (χ1v) is 11.6. The van der Waals surface area contributed by atoms with Crippen molar-refractivity contribution in [2.24, 2.45) is 10.9 Å². The van der Waals surface area contributed by atoms with Crippen LogP contribution in [0.15, 0.2) is 29.3 Å². The van der Waals surface area contributed by atoms with Gasteiger partial charge in [-0.25, -0.2) is 9.98 Å². The molecular weight excluding hydrogens is 521 g/mol. The van der Waals surface area contributed by atoms with E-state index in [2.05, 4.69) is 72.6 Å². The van der Waals surface area contributed by atoms with E-state index < -0.39 is 0 Å². The van der Waals surface area contributed by atoms with E-state index in [0.717, 1.165) is 42.0 Å². The van der Waals surface area contributed by atoms with Gasteiger partial charge < -0.3 is 15.4 Å². The van der Waals surface area contributed by atoms with Gasteiger partial charge in [0.2, 0.25) is 0 Å². The number of aliphatic imine (C=N–C) groups is 1. The molecule has 1 aromatic heterocycles. The number of halogens is 1. The van der Waals surface area contributed by atoms with Crippen molar-refractivity contribution in [2.75, 3.05) is 33.8 Å². The third-order valence-electron chi connectivity index (χ3n) is 5.79. The molecule has 2 heterocycles. The van der Waals surface area contributed by atoms with Crippen LogP contribution < -0.4 is 15.4 Å². The van der Waals surface area contributed by atoms with E-state index in [1.54, 1.807) is 18.4 Å². The second-order valence-corrected chi connectivity index (χ2v) is 9.21. The van der Waals surface area contributed by atoms with Crippen LogP contribution in [0.3, 0.4) is 0 Å². The molecule has 0 bridgehead atoms. The second-order valence-electron chi connectivity index (χ2n) is 7.93. The average molecular weight is 558 g/mol. The molecule has 0 amide bonds. The van der Waals surface area contributed by atoms with Gasteiger partial charge in [0.15, 0.2) is 5.96 Å². The Morgan fingerprint density at radius 3 is 2.61 bits per heavy atom. The first-order valence-electron chi connectivity index (χ1n) is 10.8. The molecule has 0 spiro atoms. The van der Waals surface area contributed by atoms with Crippen molar-refractivity contribution < 1.29 is 4.74 Å². The largest absolute Gasteiger partial charge is 0.497 e. The number of hydrogen-bond donors (Lipinski definition) is 2. The summed E-state index contributed by atoms with van der Waals surface area (Å²) < 4.78 is 5.33. The lowest BCUT2D eigenvalue weighted by Gasteiger charge is -2.40. The molecule has 1 fully saturated rings. The summed E-state index contributed by atoms with van der Waals surface area (Å²) in [5, 5.41) is 8.04. The van der Waals surface area contributed by atoms with Gasteiger partial charge in [-0.3, -0.25) is 4.90 Å². The Morgan fingerprint density at radius 2 is 2.00 bits per heavy atom. The summed E-state index contributed by atoms with van der Waals surface area (Å²) in [6.45, 7) is 9.75. The number of benzene rings is 1. The first-order chi connectivity index (χ1) is 14.5. The lowest BCUT2D eigenvalue weighted by Crippen LogP contribution is -2.45. The highest BCUT2D eigenvalue weighted by Gasteiger charge is 2.30. The van der Waals surface area contributed by atoms with E-state index in [-0.39, 0.29) is 24.0 Å². The fourth-order valence-electron chi connectivity index (χ4n) is 4.12. The van der Waals surface area contributed by atoms with E-state index in [9.17, 15) is 0 Å². The van der Waals surface area contributed by atoms with Crippen molar-refractivity contribution in [3.05, 3.63) is 45.4 Å². The molecule has 2 N–H and O–H groups in total. The number of ether oxygens (including phenoxy) is 1. The molecule has 0 saturated carbocycles. The number of guanidine groups is 1. The molecule has 0 aliphatic carbocycles. The van der Waals surface area contributed by atoms with Crippen LogP contribution in [0.5, 0.6) is 5.75 Å². The third-order valence-corrected chi connectivity index (χ3v) is 6.84. The van der Waals surface area contributed by atoms with Crippen LogP contribution in [0.25, 0.3) is 0 Å². The zero-order valence-electron chi connectivity index (χ0n) is 19.3. The minimum atomic E-state index is 0. The van der Waals surface area contributed by atoms with Gasteiger partial charge in [-0.15, -0.1) is 35.3 Å². The predicted molar refractivity (Wildman–Crippen MR) is 141 cm³/mol. The molecule has 1 aliphatic rings. The summed E-state index contributed by atoms with van der Waals surface area (Å²) in [6.07, 6.45) is 2.43. The number of hydrogen-bond acceptors (Lipinski definition) is 5. The Bertz CT molecular complexity index is 819. The standard InChI is InChI=1S/C23H35N5OS.HI/c1-6-24-23(26-15-21-27-16(2)17(3)30-21)25-14-19-8-7-13-28(4)22(19)18-9-11-20(29-5)12-10-18;/h9-12,19,22H,6-8,13-15H2,1-5H3,(H2,24,25,26);1H. The highest BCUT2D eigenvalue weighted by molar-refractivity contribution is 14.0. The van der Waals surface area contributed by atoms with Gasteiger partial charge in [0, 0.05) is 24.0 Å². The Labute approximate surface area is 207 Å². The maximum Gasteiger partial charge on any atom is 0.191 e. The predicted octanol–water partition coefficient (Wildman–Crippen LogP) is 4.52. The maximum atomic E-state index is 5.33. The van der Waals surface area contributed by atoms with Gasteiger partial charge in [0.05, 0.1) is 19.3 Å². The van der Waals surface area contributed by atoms with Crippen LogP contribution in [0.2, 0.25) is 0 Å². The first kappa shape index (κ1) is 25.9. The molecule has 1 aromatic carbocycles. The number of aryl methyl sites for hydroxylation is 2. The Kier molecular flexibility index (Phi) is 10.5. The molecule has 6 nitrogen and oxygen atoms in total. The molecule has 1 aliphatic heterocycles. The number of likely N-dealkylation sites (tertiary alicyclic amines) is 1. The Balaban J connectivity index is 0.00000341. The monoisotopic (exact) mass is 557 g/mol. The summed E-state index contributed by atoms with van der Waals surface area (Å²) in [7, 11) is 3.94. The number of piperidine rings is 1. The summed E-state index contributed by atoms with van der Waals surface area (Å²) in [5.74, 6) is 2.29. The fourth-order valence-corrected chi connectivity index (χ4v) is 4.98. The van der Waals surface area contributed by atoms with Gasteiger partial charge in [0.25, 0.3) is 0 Å². The van der Waals surface area contributed by atoms with E-state index in [4.69, 9.17) is 9.73 Å². The van der Waals surface area contributed by atoms with Crippen LogP contribution in [0.4, 0.5) is 0 Å². The van der Waals surface area contributed by atoms with Crippen LogP contribution in [-0.2, 0) is 6.54 Å². The van der Waals surface area contributed by atoms with Gasteiger partial charge in [-0.2, -0.15) is 0 Å². The fraction of sp³-hybridized carbons (Fsp3) is 0.565. The number of nitrogens with zero attached hydrogens (tertiary/aromatic N) is 3. The molecule has 2 unspecified atom stereocenters. The minimum Gasteiger partial charge on any atom is -0.497 e. The van der Waals surface area contributed by atoms with Crippen molar-refractivity contribution in [2.45, 2.75) is 46.2 Å². The minimum absolute atomic E-state index is 0. The van der Waals surface area contributed by atoms with E-state index in [1.807, 2.05) is 0 Å². The summed E-state index contributed by atoms with van der Waals surface area (Å²) in [5.41, 5.74) is 2.45. The molecule has 3 rings (SSSR count). The van der Waals surface area contributed by atoms with Gasteiger partial charge >= 0.3 is 0 Å². The van der Waals surface area contributed by atoms with Gasteiger partial charge in [-0.05, 0) is 70.8 Å². The van der Waals surface area contributed by atoms with E-state index >= 15 is 0 Å². The second kappa shape index (κ2) is 12.6. The van der Waals surface area contributed by atoms with Crippen molar-refractivity contribution in [1.29, 1.82) is 0 Å². The summed E-state index contributed by atoms with van der Waals surface area (Å²) in [4.78, 5) is 13.1. The van der Waals surface area contributed by atoms with Crippen molar-refractivity contribution >= 4 is 41.3 Å². The smallest absolute Gasteiger partial charge is 0.191 e. The Hall–Kier alpha value is -1.39.